The first-order valence-corrected chi connectivity index (χ1v) is 7.74. The van der Waals surface area contributed by atoms with E-state index >= 15 is 0 Å². The van der Waals surface area contributed by atoms with Crippen molar-refractivity contribution >= 4 is 11.8 Å². The molecule has 1 heterocycles. The van der Waals surface area contributed by atoms with Gasteiger partial charge in [-0.3, -0.25) is 9.59 Å². The van der Waals surface area contributed by atoms with Crippen molar-refractivity contribution < 1.29 is 9.59 Å². The molecule has 2 unspecified atom stereocenters. The molecule has 0 aromatic heterocycles. The van der Waals surface area contributed by atoms with Gasteiger partial charge in [-0.1, -0.05) is 30.3 Å². The van der Waals surface area contributed by atoms with Crippen LogP contribution >= 0.6 is 0 Å². The summed E-state index contributed by atoms with van der Waals surface area (Å²) >= 11 is 0. The second kappa shape index (κ2) is 5.51. The molecule has 21 heavy (non-hydrogen) atoms. The molecule has 3 rings (SSSR count). The second-order valence-electron chi connectivity index (χ2n) is 6.37. The van der Waals surface area contributed by atoms with Crippen LogP contribution in [-0.4, -0.2) is 34.8 Å². The Bertz CT molecular complexity index is 537. The zero-order valence-electron chi connectivity index (χ0n) is 12.6. The Labute approximate surface area is 125 Å². The molecule has 1 aromatic carbocycles. The molecule has 4 heteroatoms. The maximum atomic E-state index is 12.7. The molecule has 2 amide bonds. The van der Waals surface area contributed by atoms with Gasteiger partial charge in [0.15, 0.2) is 0 Å². The third kappa shape index (κ3) is 2.80. The zero-order chi connectivity index (χ0) is 15.0. The smallest absolute Gasteiger partial charge is 0.246 e. The van der Waals surface area contributed by atoms with Crippen LogP contribution in [0.5, 0.6) is 0 Å². The molecule has 1 aromatic rings. The average molecular weight is 286 g/mol. The van der Waals surface area contributed by atoms with Gasteiger partial charge in [-0.2, -0.15) is 0 Å². The molecule has 2 aliphatic rings. The lowest BCUT2D eigenvalue weighted by Gasteiger charge is -2.41. The van der Waals surface area contributed by atoms with Crippen LogP contribution in [0.4, 0.5) is 0 Å². The standard InChI is InChI=1S/C17H22N2O2/c1-11(2)19-14(10-12-6-4-3-5-7-12)16(20)18-15(17(19)21)13-8-9-13/h3-7,11,13-15H,8-10H2,1-2H3,(H,18,20). The quantitative estimate of drug-likeness (QED) is 0.916. The minimum Gasteiger partial charge on any atom is -0.342 e. The topological polar surface area (TPSA) is 49.4 Å². The summed E-state index contributed by atoms with van der Waals surface area (Å²) in [5.41, 5.74) is 1.08. The summed E-state index contributed by atoms with van der Waals surface area (Å²) in [6.07, 6.45) is 2.67. The van der Waals surface area contributed by atoms with Crippen molar-refractivity contribution in [1.29, 1.82) is 0 Å². The van der Waals surface area contributed by atoms with Crippen molar-refractivity contribution in [2.75, 3.05) is 0 Å². The van der Waals surface area contributed by atoms with Gasteiger partial charge in [0.2, 0.25) is 11.8 Å². The van der Waals surface area contributed by atoms with E-state index in [1.807, 2.05) is 44.2 Å². The fourth-order valence-electron chi connectivity index (χ4n) is 3.14. The van der Waals surface area contributed by atoms with Gasteiger partial charge in [-0.15, -0.1) is 0 Å². The maximum Gasteiger partial charge on any atom is 0.246 e. The van der Waals surface area contributed by atoms with E-state index in [1.165, 1.54) is 0 Å². The lowest BCUT2D eigenvalue weighted by atomic mass is 9.96. The number of hydrogen-bond acceptors (Lipinski definition) is 2. The van der Waals surface area contributed by atoms with Gasteiger partial charge in [-0.05, 0) is 38.2 Å². The largest absolute Gasteiger partial charge is 0.342 e. The molecule has 0 bridgehead atoms. The van der Waals surface area contributed by atoms with Crippen LogP contribution in [0.1, 0.15) is 32.3 Å². The van der Waals surface area contributed by atoms with Gasteiger partial charge >= 0.3 is 0 Å². The van der Waals surface area contributed by atoms with Crippen LogP contribution in [-0.2, 0) is 16.0 Å². The number of benzene rings is 1. The first kappa shape index (κ1) is 14.1. The normalized spacial score (nSPS) is 26.1. The molecule has 4 nitrogen and oxygen atoms in total. The number of carbonyl (C=O) groups is 2. The number of nitrogens with zero attached hydrogens (tertiary/aromatic N) is 1. The van der Waals surface area contributed by atoms with Gasteiger partial charge in [0, 0.05) is 12.5 Å². The number of hydrogen-bond donors (Lipinski definition) is 1. The monoisotopic (exact) mass is 286 g/mol. The van der Waals surface area contributed by atoms with Gasteiger partial charge < -0.3 is 10.2 Å². The number of rotatable bonds is 4. The Morgan fingerprint density at radius 3 is 2.43 bits per heavy atom. The minimum atomic E-state index is -0.394. The number of carbonyl (C=O) groups excluding carboxylic acids is 2. The van der Waals surface area contributed by atoms with E-state index in [4.69, 9.17) is 0 Å². The van der Waals surface area contributed by atoms with Crippen molar-refractivity contribution in [2.45, 2.75) is 51.2 Å². The Morgan fingerprint density at radius 1 is 1.19 bits per heavy atom. The van der Waals surface area contributed by atoms with Crippen LogP contribution in [0.3, 0.4) is 0 Å². The number of piperazine rings is 1. The van der Waals surface area contributed by atoms with E-state index in [-0.39, 0.29) is 23.9 Å². The van der Waals surface area contributed by atoms with Crippen molar-refractivity contribution in [3.63, 3.8) is 0 Å². The maximum absolute atomic E-state index is 12.7. The van der Waals surface area contributed by atoms with Crippen molar-refractivity contribution in [3.05, 3.63) is 35.9 Å². The van der Waals surface area contributed by atoms with Crippen molar-refractivity contribution in [3.8, 4) is 0 Å². The molecule has 2 atom stereocenters. The molecule has 1 aliphatic carbocycles. The highest BCUT2D eigenvalue weighted by Crippen LogP contribution is 2.35. The first-order valence-electron chi connectivity index (χ1n) is 7.74. The highest BCUT2D eigenvalue weighted by molar-refractivity contribution is 5.97. The molecule has 1 saturated carbocycles. The van der Waals surface area contributed by atoms with E-state index in [1.54, 1.807) is 4.90 Å². The van der Waals surface area contributed by atoms with Crippen LogP contribution in [0.15, 0.2) is 30.3 Å². The third-order valence-electron chi connectivity index (χ3n) is 4.38. The average Bonchev–Trinajstić information content (AvgIpc) is 3.28. The molecule has 1 saturated heterocycles. The zero-order valence-corrected chi connectivity index (χ0v) is 12.6. The van der Waals surface area contributed by atoms with Crippen LogP contribution < -0.4 is 5.32 Å². The molecular formula is C17H22N2O2. The minimum absolute atomic E-state index is 0.0101. The van der Waals surface area contributed by atoms with Gasteiger partial charge in [0.1, 0.15) is 12.1 Å². The predicted molar refractivity (Wildman–Crippen MR) is 80.6 cm³/mol. The molecule has 1 N–H and O–H groups in total. The van der Waals surface area contributed by atoms with E-state index in [0.29, 0.717) is 12.3 Å². The highest BCUT2D eigenvalue weighted by Gasteiger charge is 2.47. The SMILES string of the molecule is CC(C)N1C(=O)C(C2CC2)NC(=O)C1Cc1ccccc1. The van der Waals surface area contributed by atoms with Crippen molar-refractivity contribution in [2.24, 2.45) is 5.92 Å². The Kier molecular flexibility index (Phi) is 3.70. The third-order valence-corrected chi connectivity index (χ3v) is 4.38. The van der Waals surface area contributed by atoms with E-state index in [2.05, 4.69) is 5.32 Å². The lowest BCUT2D eigenvalue weighted by Crippen LogP contribution is -2.66. The summed E-state index contributed by atoms with van der Waals surface area (Å²) in [7, 11) is 0. The molecule has 1 aliphatic heterocycles. The van der Waals surface area contributed by atoms with Gasteiger partial charge in [0.25, 0.3) is 0 Å². The van der Waals surface area contributed by atoms with Gasteiger partial charge in [0.05, 0.1) is 0 Å². The Hall–Kier alpha value is -1.84. The van der Waals surface area contributed by atoms with E-state index < -0.39 is 6.04 Å². The van der Waals surface area contributed by atoms with E-state index in [0.717, 1.165) is 18.4 Å². The molecule has 2 fully saturated rings. The number of nitrogens with one attached hydrogen (secondary N) is 1. The fourth-order valence-corrected chi connectivity index (χ4v) is 3.14. The van der Waals surface area contributed by atoms with E-state index in [9.17, 15) is 9.59 Å². The molecule has 0 radical (unpaired) electrons. The first-order chi connectivity index (χ1) is 10.1. The molecular weight excluding hydrogens is 264 g/mol. The van der Waals surface area contributed by atoms with Crippen molar-refractivity contribution in [1.82, 2.24) is 10.2 Å². The summed E-state index contributed by atoms with van der Waals surface area (Å²) in [5.74, 6) is 0.428. The van der Waals surface area contributed by atoms with Crippen LogP contribution in [0.25, 0.3) is 0 Å². The molecule has 0 spiro atoms. The van der Waals surface area contributed by atoms with Crippen LogP contribution in [0.2, 0.25) is 0 Å². The summed E-state index contributed by atoms with van der Waals surface area (Å²) in [6, 6.07) is 9.24. The Morgan fingerprint density at radius 2 is 1.86 bits per heavy atom. The highest BCUT2D eigenvalue weighted by atomic mass is 16.2. The lowest BCUT2D eigenvalue weighted by molar-refractivity contribution is -0.152. The summed E-state index contributed by atoms with van der Waals surface area (Å²) < 4.78 is 0. The number of amides is 2. The van der Waals surface area contributed by atoms with Crippen LogP contribution in [0, 0.1) is 5.92 Å². The second-order valence-corrected chi connectivity index (χ2v) is 6.37. The predicted octanol–water partition coefficient (Wildman–Crippen LogP) is 1.74. The van der Waals surface area contributed by atoms with Gasteiger partial charge in [-0.25, -0.2) is 0 Å². The Balaban J connectivity index is 1.83. The summed E-state index contributed by atoms with van der Waals surface area (Å²) in [5, 5.41) is 2.95. The summed E-state index contributed by atoms with van der Waals surface area (Å²) in [4.78, 5) is 27.0. The fraction of sp³-hybridized carbons (Fsp3) is 0.529. The summed E-state index contributed by atoms with van der Waals surface area (Å²) in [6.45, 7) is 3.97. The molecule has 112 valence electrons.